The van der Waals surface area contributed by atoms with Crippen molar-refractivity contribution < 1.29 is 54.6 Å². The highest BCUT2D eigenvalue weighted by atomic mass is 19.4. The number of carbonyl (C=O) groups is 3. The molecule has 0 bridgehead atoms. The highest BCUT2D eigenvalue weighted by Crippen LogP contribution is 2.44. The second kappa shape index (κ2) is 14.5. The second-order valence-corrected chi connectivity index (χ2v) is 13.3. The van der Waals surface area contributed by atoms with Crippen molar-refractivity contribution in [2.75, 3.05) is 6.54 Å². The Kier molecular flexibility index (Phi) is 10.7. The van der Waals surface area contributed by atoms with Gasteiger partial charge in [-0.05, 0) is 74.2 Å². The molecule has 2 saturated heterocycles. The van der Waals surface area contributed by atoms with Gasteiger partial charge in [-0.2, -0.15) is 26.3 Å². The van der Waals surface area contributed by atoms with Gasteiger partial charge in [-0.25, -0.2) is 9.18 Å². The van der Waals surface area contributed by atoms with E-state index in [1.54, 1.807) is 24.3 Å². The van der Waals surface area contributed by atoms with Crippen molar-refractivity contribution in [2.24, 2.45) is 0 Å². The summed E-state index contributed by atoms with van der Waals surface area (Å²) in [5, 5.41) is 5.33. The molecule has 3 aromatic rings. The van der Waals surface area contributed by atoms with E-state index in [4.69, 9.17) is 9.47 Å². The first-order valence-electron chi connectivity index (χ1n) is 16.1. The first-order chi connectivity index (χ1) is 23.8. The van der Waals surface area contributed by atoms with Crippen LogP contribution in [0.4, 0.5) is 35.5 Å². The molecular formula is C36H36F7N3O5. The molecule has 0 aliphatic carbocycles. The molecule has 15 heteroatoms. The smallest absolute Gasteiger partial charge is 0.416 e. The molecule has 3 amide bonds. The van der Waals surface area contributed by atoms with Crippen LogP contribution in [-0.2, 0) is 38.0 Å². The summed E-state index contributed by atoms with van der Waals surface area (Å²) in [5.74, 6) is -2.23. The van der Waals surface area contributed by atoms with E-state index in [9.17, 15) is 45.1 Å². The van der Waals surface area contributed by atoms with E-state index in [2.05, 4.69) is 10.6 Å². The normalized spacial score (nSPS) is 21.5. The van der Waals surface area contributed by atoms with Crippen LogP contribution in [0, 0.1) is 5.82 Å². The van der Waals surface area contributed by atoms with Gasteiger partial charge in [0.2, 0.25) is 11.8 Å². The van der Waals surface area contributed by atoms with Gasteiger partial charge >= 0.3 is 18.4 Å². The van der Waals surface area contributed by atoms with Gasteiger partial charge in [-0.3, -0.25) is 9.59 Å². The third kappa shape index (κ3) is 8.99. The van der Waals surface area contributed by atoms with Crippen molar-refractivity contribution in [1.82, 2.24) is 15.5 Å². The molecule has 2 aliphatic rings. The highest BCUT2D eigenvalue weighted by Gasteiger charge is 2.50. The van der Waals surface area contributed by atoms with Crippen LogP contribution >= 0.6 is 0 Å². The first-order valence-corrected chi connectivity index (χ1v) is 16.1. The maximum atomic E-state index is 13.9. The number of ether oxygens (including phenoxy) is 2. The van der Waals surface area contributed by atoms with Crippen LogP contribution in [0.15, 0.2) is 72.8 Å². The largest absolute Gasteiger partial charge is 0.445 e. The average molecular weight is 724 g/mol. The van der Waals surface area contributed by atoms with Crippen LogP contribution in [-0.4, -0.2) is 53.1 Å². The number of benzene rings is 3. The molecule has 5 rings (SSSR count). The van der Waals surface area contributed by atoms with Crippen LogP contribution in [0.5, 0.6) is 0 Å². The lowest BCUT2D eigenvalue weighted by molar-refractivity contribution is -0.143. The number of rotatable bonds is 9. The van der Waals surface area contributed by atoms with Crippen molar-refractivity contribution >= 4 is 17.9 Å². The molecule has 8 nitrogen and oxygen atoms in total. The summed E-state index contributed by atoms with van der Waals surface area (Å²) in [4.78, 5) is 40.8. The van der Waals surface area contributed by atoms with E-state index in [1.807, 2.05) is 6.07 Å². The molecule has 0 aromatic heterocycles. The maximum Gasteiger partial charge on any atom is 0.416 e. The van der Waals surface area contributed by atoms with Gasteiger partial charge in [0.15, 0.2) is 0 Å². The fourth-order valence-corrected chi connectivity index (χ4v) is 6.50. The molecule has 0 saturated carbocycles. The Balaban J connectivity index is 1.33. The van der Waals surface area contributed by atoms with Gasteiger partial charge in [0.25, 0.3) is 0 Å². The summed E-state index contributed by atoms with van der Waals surface area (Å²) in [7, 11) is 0. The lowest BCUT2D eigenvalue weighted by atomic mass is 9.84. The number of carbonyl (C=O) groups excluding carboxylic acids is 3. The number of hydrogen-bond acceptors (Lipinski definition) is 5. The van der Waals surface area contributed by atoms with Crippen LogP contribution in [0.1, 0.15) is 73.5 Å². The highest BCUT2D eigenvalue weighted by molar-refractivity contribution is 5.90. The summed E-state index contributed by atoms with van der Waals surface area (Å²) in [6.07, 6.45) is -13.1. The zero-order valence-corrected chi connectivity index (χ0v) is 27.8. The Morgan fingerprint density at radius 3 is 2.12 bits per heavy atom. The lowest BCUT2D eigenvalue weighted by Crippen LogP contribution is -2.59. The molecule has 274 valence electrons. The van der Waals surface area contributed by atoms with E-state index >= 15 is 0 Å². The fraction of sp³-hybridized carbons (Fsp3) is 0.417. The molecular weight excluding hydrogens is 687 g/mol. The number of hydrogen-bond donors (Lipinski definition) is 2. The van der Waals surface area contributed by atoms with Crippen molar-refractivity contribution in [3.05, 3.63) is 106 Å². The SMILES string of the molecule is C[C@@H](O[C@H]1CN2C(=O)CC(NC(=O)C(C)(C)NC(=O)OCc3ccccc3)CC2C1c1ccc(F)cc1)c1cc(C(F)(F)F)cc(C(F)(F)F)c1. The number of halogens is 7. The molecule has 2 N–H and O–H groups in total. The number of piperidine rings is 1. The Morgan fingerprint density at radius 2 is 1.53 bits per heavy atom. The molecule has 2 aliphatic heterocycles. The molecule has 3 unspecified atom stereocenters. The zero-order chi connectivity index (χ0) is 37.3. The predicted octanol–water partition coefficient (Wildman–Crippen LogP) is 7.29. The zero-order valence-electron chi connectivity index (χ0n) is 27.8. The number of alkyl halides is 6. The third-order valence-electron chi connectivity index (χ3n) is 9.10. The van der Waals surface area contributed by atoms with E-state index in [1.165, 1.54) is 49.9 Å². The number of fused-ring (bicyclic) bond motifs is 1. The van der Waals surface area contributed by atoms with Gasteiger partial charge < -0.3 is 25.0 Å². The van der Waals surface area contributed by atoms with E-state index in [0.29, 0.717) is 17.7 Å². The van der Waals surface area contributed by atoms with Gasteiger partial charge in [0.1, 0.15) is 18.0 Å². The summed E-state index contributed by atoms with van der Waals surface area (Å²) in [5.41, 5.74) is -3.54. The number of alkyl carbamates (subject to hydrolysis) is 1. The van der Waals surface area contributed by atoms with Crippen LogP contribution in [0.3, 0.4) is 0 Å². The number of nitrogens with one attached hydrogen (secondary N) is 2. The van der Waals surface area contributed by atoms with Crippen molar-refractivity contribution in [2.45, 2.75) is 88.3 Å². The van der Waals surface area contributed by atoms with Gasteiger partial charge in [0.05, 0.1) is 23.3 Å². The van der Waals surface area contributed by atoms with Gasteiger partial charge in [0, 0.05) is 31.0 Å². The standard InChI is InChI=1S/C36H36F7N3O5/c1-20(23-13-24(35(38,39)40)15-25(14-23)36(41,42)43)51-29-18-46-28(31(29)22-9-11-26(37)12-10-22)16-27(17-30(46)47)44-32(48)34(2,3)45-33(49)50-19-21-7-5-4-6-8-21/h4-15,20,27-29,31H,16-19H2,1-3H3,(H,44,48)(H,45,49)/t20-,27?,28?,29+,31?/m1/s1. The van der Waals surface area contributed by atoms with E-state index < -0.39 is 77.0 Å². The lowest BCUT2D eigenvalue weighted by Gasteiger charge is -2.38. The summed E-state index contributed by atoms with van der Waals surface area (Å²) in [6.45, 7) is 4.16. The Labute approximate surface area is 289 Å². The van der Waals surface area contributed by atoms with E-state index in [0.717, 1.165) is 5.56 Å². The van der Waals surface area contributed by atoms with Crippen LogP contribution in [0.2, 0.25) is 0 Å². The Bertz CT molecular complexity index is 1700. The Morgan fingerprint density at radius 1 is 0.922 bits per heavy atom. The molecule has 2 fully saturated rings. The minimum absolute atomic E-state index is 0.0249. The number of amides is 3. The summed E-state index contributed by atoms with van der Waals surface area (Å²) < 4.78 is 107. The maximum absolute atomic E-state index is 13.9. The molecule has 5 atom stereocenters. The monoisotopic (exact) mass is 723 g/mol. The first kappa shape index (κ1) is 37.6. The van der Waals surface area contributed by atoms with Crippen molar-refractivity contribution in [1.29, 1.82) is 0 Å². The van der Waals surface area contributed by atoms with Gasteiger partial charge in [-0.1, -0.05) is 42.5 Å². The minimum Gasteiger partial charge on any atom is -0.445 e. The quantitative estimate of drug-likeness (QED) is 0.226. The Hall–Kier alpha value is -4.66. The predicted molar refractivity (Wildman–Crippen MR) is 169 cm³/mol. The minimum atomic E-state index is -5.06. The summed E-state index contributed by atoms with van der Waals surface area (Å²) in [6, 6.07) is 14.1. The molecule has 51 heavy (non-hydrogen) atoms. The third-order valence-corrected chi connectivity index (χ3v) is 9.10. The topological polar surface area (TPSA) is 97.0 Å². The van der Waals surface area contributed by atoms with Crippen LogP contribution < -0.4 is 10.6 Å². The molecule has 3 aromatic carbocycles. The van der Waals surface area contributed by atoms with E-state index in [-0.39, 0.29) is 43.5 Å². The van der Waals surface area contributed by atoms with Crippen molar-refractivity contribution in [3.8, 4) is 0 Å². The fourth-order valence-electron chi connectivity index (χ4n) is 6.50. The molecule has 0 spiro atoms. The number of nitrogens with zero attached hydrogens (tertiary/aromatic N) is 1. The summed E-state index contributed by atoms with van der Waals surface area (Å²) >= 11 is 0. The van der Waals surface area contributed by atoms with Crippen LogP contribution in [0.25, 0.3) is 0 Å². The van der Waals surface area contributed by atoms with Gasteiger partial charge in [-0.15, -0.1) is 0 Å². The second-order valence-electron chi connectivity index (χ2n) is 13.3. The van der Waals surface area contributed by atoms with Crippen molar-refractivity contribution in [3.63, 3.8) is 0 Å². The average Bonchev–Trinajstić information content (AvgIpc) is 3.41. The molecule has 2 heterocycles. The molecule has 0 radical (unpaired) electrons.